The van der Waals surface area contributed by atoms with E-state index in [4.69, 9.17) is 9.15 Å². The van der Waals surface area contributed by atoms with Crippen LogP contribution in [0.4, 0.5) is 0 Å². The van der Waals surface area contributed by atoms with Gasteiger partial charge in [0.1, 0.15) is 23.8 Å². The molecule has 1 saturated heterocycles. The van der Waals surface area contributed by atoms with E-state index in [0.717, 1.165) is 55.5 Å². The fraction of sp³-hybridized carbons (Fsp3) is 0.333. The molecule has 1 aliphatic heterocycles. The molecule has 0 N–H and O–H groups in total. The fourth-order valence-corrected chi connectivity index (χ4v) is 3.56. The summed E-state index contributed by atoms with van der Waals surface area (Å²) in [5.41, 5.74) is 2.30. The predicted octanol–water partition coefficient (Wildman–Crippen LogP) is 4.01. The summed E-state index contributed by atoms with van der Waals surface area (Å²) < 4.78 is 11.6. The highest BCUT2D eigenvalue weighted by atomic mass is 16.5. The first kappa shape index (κ1) is 20.2. The van der Waals surface area contributed by atoms with E-state index in [1.54, 1.807) is 0 Å². The van der Waals surface area contributed by atoms with Crippen molar-refractivity contribution in [3.63, 3.8) is 0 Å². The van der Waals surface area contributed by atoms with Gasteiger partial charge in [-0.1, -0.05) is 25.1 Å². The van der Waals surface area contributed by atoms with Crippen LogP contribution in [0.1, 0.15) is 28.7 Å². The largest absolute Gasteiger partial charge is 0.487 e. The number of benzene rings is 2. The molecule has 6 nitrogen and oxygen atoms in total. The van der Waals surface area contributed by atoms with Crippen molar-refractivity contribution >= 4 is 5.91 Å². The zero-order valence-electron chi connectivity index (χ0n) is 17.5. The molecule has 1 fully saturated rings. The summed E-state index contributed by atoms with van der Waals surface area (Å²) in [5.74, 6) is 2.14. The van der Waals surface area contributed by atoms with Gasteiger partial charge >= 0.3 is 0 Å². The Morgan fingerprint density at radius 3 is 2.40 bits per heavy atom. The lowest BCUT2D eigenvalue weighted by atomic mass is 10.1. The van der Waals surface area contributed by atoms with Crippen LogP contribution < -0.4 is 4.74 Å². The lowest BCUT2D eigenvalue weighted by Gasteiger charge is -2.34. The van der Waals surface area contributed by atoms with Crippen molar-refractivity contribution in [2.75, 3.05) is 32.7 Å². The van der Waals surface area contributed by atoms with Crippen molar-refractivity contribution in [1.29, 1.82) is 0 Å². The number of carbonyl (C=O) groups is 1. The molecule has 2 aromatic carbocycles. The number of aromatic nitrogens is 1. The molecule has 6 heteroatoms. The van der Waals surface area contributed by atoms with Gasteiger partial charge in [0.2, 0.25) is 5.89 Å². The fourth-order valence-electron chi connectivity index (χ4n) is 3.56. The SMILES string of the molecule is CCN1CCN(C(=O)c2ccc(-c3nc(COc4ccccc4)c(C)o3)cc2)CC1. The zero-order chi connectivity index (χ0) is 20.9. The normalized spacial score (nSPS) is 14.7. The van der Waals surface area contributed by atoms with Crippen molar-refractivity contribution in [3.8, 4) is 17.2 Å². The van der Waals surface area contributed by atoms with Gasteiger partial charge in [0, 0.05) is 37.3 Å². The quantitative estimate of drug-likeness (QED) is 0.620. The average molecular weight is 405 g/mol. The smallest absolute Gasteiger partial charge is 0.253 e. The van der Waals surface area contributed by atoms with E-state index in [1.807, 2.05) is 66.4 Å². The number of para-hydroxylation sites is 1. The van der Waals surface area contributed by atoms with Gasteiger partial charge in [-0.15, -0.1) is 0 Å². The van der Waals surface area contributed by atoms with E-state index in [-0.39, 0.29) is 5.91 Å². The minimum atomic E-state index is 0.0813. The molecule has 30 heavy (non-hydrogen) atoms. The average Bonchev–Trinajstić information content (AvgIpc) is 3.18. The molecule has 1 aromatic heterocycles. The molecule has 0 aliphatic carbocycles. The maximum atomic E-state index is 12.8. The van der Waals surface area contributed by atoms with Gasteiger partial charge in [-0.05, 0) is 49.9 Å². The maximum absolute atomic E-state index is 12.8. The predicted molar refractivity (Wildman–Crippen MR) is 115 cm³/mol. The molecule has 0 saturated carbocycles. The van der Waals surface area contributed by atoms with E-state index in [0.29, 0.717) is 18.1 Å². The highest BCUT2D eigenvalue weighted by molar-refractivity contribution is 5.94. The van der Waals surface area contributed by atoms with E-state index in [2.05, 4.69) is 16.8 Å². The van der Waals surface area contributed by atoms with Crippen LogP contribution in [-0.4, -0.2) is 53.4 Å². The number of oxazole rings is 1. The highest BCUT2D eigenvalue weighted by Crippen LogP contribution is 2.24. The summed E-state index contributed by atoms with van der Waals surface area (Å²) in [6, 6.07) is 17.1. The molecule has 4 rings (SSSR count). The van der Waals surface area contributed by atoms with Crippen LogP contribution in [0.15, 0.2) is 59.0 Å². The van der Waals surface area contributed by atoms with Crippen LogP contribution >= 0.6 is 0 Å². The number of aryl methyl sites for hydroxylation is 1. The number of hydrogen-bond acceptors (Lipinski definition) is 5. The van der Waals surface area contributed by atoms with Gasteiger partial charge in [-0.3, -0.25) is 4.79 Å². The number of nitrogens with zero attached hydrogens (tertiary/aromatic N) is 3. The molecular weight excluding hydrogens is 378 g/mol. The Morgan fingerprint density at radius 2 is 1.73 bits per heavy atom. The second kappa shape index (κ2) is 9.13. The highest BCUT2D eigenvalue weighted by Gasteiger charge is 2.21. The minimum absolute atomic E-state index is 0.0813. The van der Waals surface area contributed by atoms with Crippen LogP contribution in [0, 0.1) is 6.92 Å². The van der Waals surface area contributed by atoms with Gasteiger partial charge in [0.05, 0.1) is 0 Å². The topological polar surface area (TPSA) is 58.8 Å². The van der Waals surface area contributed by atoms with Gasteiger partial charge in [0.15, 0.2) is 0 Å². The van der Waals surface area contributed by atoms with Crippen molar-refractivity contribution in [2.24, 2.45) is 0 Å². The lowest BCUT2D eigenvalue weighted by Crippen LogP contribution is -2.48. The molecular formula is C24H27N3O3. The van der Waals surface area contributed by atoms with Gasteiger partial charge in [-0.25, -0.2) is 4.98 Å². The Morgan fingerprint density at radius 1 is 1.03 bits per heavy atom. The summed E-state index contributed by atoms with van der Waals surface area (Å²) >= 11 is 0. The first-order chi connectivity index (χ1) is 14.6. The third-order valence-electron chi connectivity index (χ3n) is 5.50. The minimum Gasteiger partial charge on any atom is -0.487 e. The molecule has 1 aliphatic rings. The molecule has 0 spiro atoms. The van der Waals surface area contributed by atoms with E-state index in [1.165, 1.54) is 0 Å². The number of piperazine rings is 1. The third kappa shape index (κ3) is 4.54. The van der Waals surface area contributed by atoms with Crippen molar-refractivity contribution in [1.82, 2.24) is 14.8 Å². The Kier molecular flexibility index (Phi) is 6.14. The standard InChI is InChI=1S/C24H27N3O3/c1-3-26-13-15-27(16-14-26)24(28)20-11-9-19(10-12-20)23-25-22(18(2)30-23)17-29-21-7-5-4-6-8-21/h4-12H,3,13-17H2,1-2H3. The second-order valence-corrected chi connectivity index (χ2v) is 7.43. The summed E-state index contributed by atoms with van der Waals surface area (Å²) in [6.45, 7) is 8.84. The molecule has 1 amide bonds. The van der Waals surface area contributed by atoms with Crippen molar-refractivity contribution in [2.45, 2.75) is 20.5 Å². The lowest BCUT2D eigenvalue weighted by molar-refractivity contribution is 0.0643. The number of likely N-dealkylation sites (N-methyl/N-ethyl adjacent to an activating group) is 1. The second-order valence-electron chi connectivity index (χ2n) is 7.43. The van der Waals surface area contributed by atoms with Gasteiger partial charge in [0.25, 0.3) is 5.91 Å². The summed E-state index contributed by atoms with van der Waals surface area (Å²) in [5, 5.41) is 0. The number of rotatable bonds is 6. The van der Waals surface area contributed by atoms with E-state index in [9.17, 15) is 4.79 Å². The molecule has 3 aromatic rings. The number of amides is 1. The Labute approximate surface area is 177 Å². The van der Waals surface area contributed by atoms with Crippen LogP contribution in [0.2, 0.25) is 0 Å². The third-order valence-corrected chi connectivity index (χ3v) is 5.50. The number of hydrogen-bond donors (Lipinski definition) is 0. The molecule has 0 atom stereocenters. The Bertz CT molecular complexity index is 975. The summed E-state index contributed by atoms with van der Waals surface area (Å²) in [7, 11) is 0. The van der Waals surface area contributed by atoms with E-state index < -0.39 is 0 Å². The monoisotopic (exact) mass is 405 g/mol. The molecule has 156 valence electrons. The Balaban J connectivity index is 1.41. The van der Waals surface area contributed by atoms with E-state index >= 15 is 0 Å². The Hall–Kier alpha value is -3.12. The molecule has 2 heterocycles. The first-order valence-corrected chi connectivity index (χ1v) is 10.4. The van der Waals surface area contributed by atoms with Gasteiger partial charge in [-0.2, -0.15) is 0 Å². The first-order valence-electron chi connectivity index (χ1n) is 10.4. The van der Waals surface area contributed by atoms with Crippen LogP contribution in [0.25, 0.3) is 11.5 Å². The molecule has 0 radical (unpaired) electrons. The van der Waals surface area contributed by atoms with Crippen LogP contribution in [0.3, 0.4) is 0 Å². The van der Waals surface area contributed by atoms with Crippen molar-refractivity contribution in [3.05, 3.63) is 71.6 Å². The molecule has 0 bridgehead atoms. The number of carbonyl (C=O) groups excluding carboxylic acids is 1. The van der Waals surface area contributed by atoms with Crippen LogP contribution in [0.5, 0.6) is 5.75 Å². The van der Waals surface area contributed by atoms with Crippen LogP contribution in [-0.2, 0) is 6.61 Å². The number of ether oxygens (including phenoxy) is 1. The zero-order valence-corrected chi connectivity index (χ0v) is 17.5. The molecule has 0 unspecified atom stereocenters. The van der Waals surface area contributed by atoms with Gasteiger partial charge < -0.3 is 19.0 Å². The summed E-state index contributed by atoms with van der Waals surface area (Å²) in [6.07, 6.45) is 0. The van der Waals surface area contributed by atoms with Crippen molar-refractivity contribution < 1.29 is 13.9 Å². The summed E-state index contributed by atoms with van der Waals surface area (Å²) in [4.78, 5) is 21.6. The maximum Gasteiger partial charge on any atom is 0.253 e.